The number of ether oxygens (including phenoxy) is 1. The Hall–Kier alpha value is -1.62. The maximum Gasteiger partial charge on any atom is 0.165 e. The van der Waals surface area contributed by atoms with Crippen molar-refractivity contribution in [2.45, 2.75) is 19.4 Å². The highest BCUT2D eigenvalue weighted by Gasteiger charge is 2.22. The molecule has 0 saturated carbocycles. The highest BCUT2D eigenvalue weighted by molar-refractivity contribution is 5.95. The summed E-state index contributed by atoms with van der Waals surface area (Å²) >= 11 is 0. The van der Waals surface area contributed by atoms with Gasteiger partial charge in [-0.3, -0.25) is 5.41 Å². The number of nitrogen functional groups attached to an aromatic ring is 1. The molecule has 0 aliphatic rings. The van der Waals surface area contributed by atoms with Crippen molar-refractivity contribution in [3.05, 3.63) is 29.6 Å². The smallest absolute Gasteiger partial charge is 0.165 e. The highest BCUT2D eigenvalue weighted by Crippen LogP contribution is 2.20. The summed E-state index contributed by atoms with van der Waals surface area (Å²) in [6.07, 6.45) is 0. The topological polar surface area (TPSA) is 62.3 Å². The van der Waals surface area contributed by atoms with Crippen molar-refractivity contribution in [2.24, 2.45) is 5.73 Å². The van der Waals surface area contributed by atoms with Crippen molar-refractivity contribution >= 4 is 5.84 Å². The standard InChI is InChI=1S/C13H20FN3O/c1-13(2,17(3)4)8-18-11-6-5-9(12(15)16)7-10(11)14/h5-7H,8H2,1-4H3,(H3,15,16). The Labute approximate surface area is 107 Å². The quantitative estimate of drug-likeness (QED) is 0.621. The molecule has 0 aliphatic carbocycles. The molecule has 1 aromatic carbocycles. The molecule has 0 unspecified atom stereocenters. The van der Waals surface area contributed by atoms with Crippen LogP contribution in [0.5, 0.6) is 5.75 Å². The molecule has 4 nitrogen and oxygen atoms in total. The monoisotopic (exact) mass is 253 g/mol. The number of halogens is 1. The molecule has 5 heteroatoms. The first-order chi connectivity index (χ1) is 8.24. The molecular formula is C13H20FN3O. The van der Waals surface area contributed by atoms with Gasteiger partial charge in [0, 0.05) is 11.1 Å². The van der Waals surface area contributed by atoms with Gasteiger partial charge in [-0.15, -0.1) is 0 Å². The molecule has 1 aromatic rings. The number of hydrogen-bond donors (Lipinski definition) is 2. The Bertz CT molecular complexity index is 444. The Morgan fingerprint density at radius 1 is 1.44 bits per heavy atom. The molecule has 0 heterocycles. The van der Waals surface area contributed by atoms with Gasteiger partial charge in [-0.25, -0.2) is 4.39 Å². The summed E-state index contributed by atoms with van der Waals surface area (Å²) in [6.45, 7) is 4.39. The molecular weight excluding hydrogens is 233 g/mol. The minimum Gasteiger partial charge on any atom is -0.489 e. The zero-order chi connectivity index (χ0) is 13.9. The van der Waals surface area contributed by atoms with E-state index in [1.165, 1.54) is 12.1 Å². The van der Waals surface area contributed by atoms with Crippen LogP contribution >= 0.6 is 0 Å². The lowest BCUT2D eigenvalue weighted by atomic mass is 10.1. The molecule has 3 N–H and O–H groups in total. The Balaban J connectivity index is 2.78. The van der Waals surface area contributed by atoms with E-state index in [1.807, 2.05) is 32.8 Å². The summed E-state index contributed by atoms with van der Waals surface area (Å²) in [4.78, 5) is 2.01. The van der Waals surface area contributed by atoms with Crippen LogP contribution < -0.4 is 10.5 Å². The van der Waals surface area contributed by atoms with Gasteiger partial charge >= 0.3 is 0 Å². The predicted octanol–water partition coefficient (Wildman–Crippen LogP) is 1.83. The fourth-order valence-corrected chi connectivity index (χ4v) is 1.17. The first-order valence-electron chi connectivity index (χ1n) is 5.68. The van der Waals surface area contributed by atoms with Gasteiger partial charge in [0.15, 0.2) is 11.6 Å². The van der Waals surface area contributed by atoms with E-state index in [-0.39, 0.29) is 17.1 Å². The number of nitrogens with one attached hydrogen (secondary N) is 1. The van der Waals surface area contributed by atoms with Crippen molar-refractivity contribution < 1.29 is 9.13 Å². The Morgan fingerprint density at radius 2 is 2.06 bits per heavy atom. The molecule has 0 atom stereocenters. The predicted molar refractivity (Wildman–Crippen MR) is 70.7 cm³/mol. The van der Waals surface area contributed by atoms with Crippen LogP contribution in [-0.2, 0) is 0 Å². The Morgan fingerprint density at radius 3 is 2.50 bits per heavy atom. The van der Waals surface area contributed by atoms with Crippen LogP contribution in [0.4, 0.5) is 4.39 Å². The van der Waals surface area contributed by atoms with E-state index in [0.29, 0.717) is 12.2 Å². The van der Waals surface area contributed by atoms with Gasteiger partial charge < -0.3 is 15.4 Å². The zero-order valence-corrected chi connectivity index (χ0v) is 11.2. The first kappa shape index (κ1) is 14.4. The number of nitrogens with two attached hydrogens (primary N) is 1. The third-order valence-corrected chi connectivity index (χ3v) is 3.03. The van der Waals surface area contributed by atoms with Crippen molar-refractivity contribution in [2.75, 3.05) is 20.7 Å². The average molecular weight is 253 g/mol. The van der Waals surface area contributed by atoms with E-state index in [1.54, 1.807) is 6.07 Å². The summed E-state index contributed by atoms with van der Waals surface area (Å²) in [5.41, 5.74) is 5.45. The molecule has 0 fully saturated rings. The van der Waals surface area contributed by atoms with E-state index < -0.39 is 5.82 Å². The Kier molecular flexibility index (Phi) is 4.29. The second-order valence-corrected chi connectivity index (χ2v) is 5.05. The van der Waals surface area contributed by atoms with Gasteiger partial charge in [0.05, 0.1) is 0 Å². The number of amidine groups is 1. The average Bonchev–Trinajstić information content (AvgIpc) is 2.26. The molecule has 0 spiro atoms. The van der Waals surface area contributed by atoms with Crippen LogP contribution in [0, 0.1) is 11.2 Å². The summed E-state index contributed by atoms with van der Waals surface area (Å²) in [5, 5.41) is 7.22. The molecule has 0 amide bonds. The maximum atomic E-state index is 13.7. The zero-order valence-electron chi connectivity index (χ0n) is 11.2. The van der Waals surface area contributed by atoms with Gasteiger partial charge in [-0.2, -0.15) is 0 Å². The number of likely N-dealkylation sites (N-methyl/N-ethyl adjacent to an activating group) is 1. The van der Waals surface area contributed by atoms with Crippen LogP contribution in [0.15, 0.2) is 18.2 Å². The molecule has 18 heavy (non-hydrogen) atoms. The van der Waals surface area contributed by atoms with Crippen LogP contribution in [0.25, 0.3) is 0 Å². The largest absolute Gasteiger partial charge is 0.489 e. The lowest BCUT2D eigenvalue weighted by Crippen LogP contribution is -2.43. The summed E-state index contributed by atoms with van der Waals surface area (Å²) in [5.74, 6) is -0.485. The molecule has 0 aliphatic heterocycles. The van der Waals surface area contributed by atoms with Gasteiger partial charge in [0.1, 0.15) is 12.4 Å². The molecule has 0 radical (unpaired) electrons. The van der Waals surface area contributed by atoms with Gasteiger partial charge in [0.2, 0.25) is 0 Å². The number of hydrogen-bond acceptors (Lipinski definition) is 3. The van der Waals surface area contributed by atoms with Crippen molar-refractivity contribution in [3.8, 4) is 5.75 Å². The van der Waals surface area contributed by atoms with E-state index >= 15 is 0 Å². The van der Waals surface area contributed by atoms with E-state index in [4.69, 9.17) is 15.9 Å². The van der Waals surface area contributed by atoms with E-state index in [9.17, 15) is 4.39 Å². The maximum absolute atomic E-state index is 13.7. The lowest BCUT2D eigenvalue weighted by Gasteiger charge is -2.32. The normalized spacial score (nSPS) is 11.7. The third-order valence-electron chi connectivity index (χ3n) is 3.03. The van der Waals surface area contributed by atoms with Gasteiger partial charge in [-0.1, -0.05) is 0 Å². The molecule has 100 valence electrons. The van der Waals surface area contributed by atoms with E-state index in [2.05, 4.69) is 0 Å². The molecule has 0 bridgehead atoms. The van der Waals surface area contributed by atoms with Gasteiger partial charge in [-0.05, 0) is 46.1 Å². The van der Waals surface area contributed by atoms with Crippen molar-refractivity contribution in [1.29, 1.82) is 5.41 Å². The lowest BCUT2D eigenvalue weighted by molar-refractivity contribution is 0.111. The fourth-order valence-electron chi connectivity index (χ4n) is 1.17. The van der Waals surface area contributed by atoms with Crippen molar-refractivity contribution in [1.82, 2.24) is 4.90 Å². The SMILES string of the molecule is CN(C)C(C)(C)COc1ccc(C(=N)N)cc1F. The fraction of sp³-hybridized carbons (Fsp3) is 0.462. The summed E-state index contributed by atoms with van der Waals surface area (Å²) in [6, 6.07) is 4.28. The minimum absolute atomic E-state index is 0.158. The van der Waals surface area contributed by atoms with Crippen LogP contribution in [0.1, 0.15) is 19.4 Å². The molecule has 0 aromatic heterocycles. The molecule has 1 rings (SSSR count). The van der Waals surface area contributed by atoms with E-state index in [0.717, 1.165) is 0 Å². The van der Waals surface area contributed by atoms with Crippen LogP contribution in [0.2, 0.25) is 0 Å². The first-order valence-corrected chi connectivity index (χ1v) is 5.68. The number of nitrogens with zero attached hydrogens (tertiary/aromatic N) is 1. The minimum atomic E-state index is -0.503. The summed E-state index contributed by atoms with van der Waals surface area (Å²) in [7, 11) is 3.89. The van der Waals surface area contributed by atoms with Crippen LogP contribution in [0.3, 0.4) is 0 Å². The van der Waals surface area contributed by atoms with Crippen LogP contribution in [-0.4, -0.2) is 37.0 Å². The number of rotatable bonds is 5. The van der Waals surface area contributed by atoms with Gasteiger partial charge in [0.25, 0.3) is 0 Å². The second kappa shape index (κ2) is 5.35. The third kappa shape index (κ3) is 3.43. The number of benzene rings is 1. The summed E-state index contributed by atoms with van der Waals surface area (Å²) < 4.78 is 19.2. The second-order valence-electron chi connectivity index (χ2n) is 5.05. The highest BCUT2D eigenvalue weighted by atomic mass is 19.1. The molecule has 0 saturated heterocycles. The van der Waals surface area contributed by atoms with Crippen molar-refractivity contribution in [3.63, 3.8) is 0 Å².